The number of benzene rings is 1. The van der Waals surface area contributed by atoms with Gasteiger partial charge in [0.1, 0.15) is 18.5 Å². The highest BCUT2D eigenvalue weighted by Gasteiger charge is 2.23. The number of rotatable bonds is 6. The zero-order valence-electron chi connectivity index (χ0n) is 13.9. The van der Waals surface area contributed by atoms with E-state index < -0.39 is 0 Å². The Balaban J connectivity index is 1.56. The normalized spacial score (nSPS) is 16.6. The van der Waals surface area contributed by atoms with E-state index in [-0.39, 0.29) is 23.7 Å². The lowest BCUT2D eigenvalue weighted by Gasteiger charge is -2.11. The summed E-state index contributed by atoms with van der Waals surface area (Å²) in [5, 5.41) is 5.54. The summed E-state index contributed by atoms with van der Waals surface area (Å²) < 4.78 is 15.7. The standard InChI is InChI=1S/C18H20N2O5/c1-23-11-14-8-9-16(25-14)18(22)20-13-6-4-12(5-7-13)19-17(21)15-3-2-10-24-15/h4-9,15H,2-3,10-11H2,1H3,(H,19,21)(H,20,22). The predicted octanol–water partition coefficient (Wildman–Crippen LogP) is 2.80. The fourth-order valence-corrected chi connectivity index (χ4v) is 2.56. The minimum absolute atomic E-state index is 0.143. The van der Waals surface area contributed by atoms with Crippen molar-refractivity contribution in [2.75, 3.05) is 24.4 Å². The minimum Gasteiger partial charge on any atom is -0.453 e. The third kappa shape index (κ3) is 4.46. The van der Waals surface area contributed by atoms with Crippen LogP contribution in [0.4, 0.5) is 11.4 Å². The van der Waals surface area contributed by atoms with Crippen LogP contribution in [-0.2, 0) is 20.9 Å². The van der Waals surface area contributed by atoms with Crippen molar-refractivity contribution in [3.05, 3.63) is 47.9 Å². The Morgan fingerprint density at radius 3 is 2.48 bits per heavy atom. The first-order valence-electron chi connectivity index (χ1n) is 8.07. The fourth-order valence-electron chi connectivity index (χ4n) is 2.56. The molecule has 1 aliphatic rings. The average molecular weight is 344 g/mol. The summed E-state index contributed by atoms with van der Waals surface area (Å²) in [4.78, 5) is 24.1. The molecule has 3 rings (SSSR count). The molecule has 1 atom stereocenters. The van der Waals surface area contributed by atoms with E-state index in [0.29, 0.717) is 30.3 Å². The first kappa shape index (κ1) is 17.2. The lowest BCUT2D eigenvalue weighted by atomic mass is 10.2. The molecule has 1 aromatic carbocycles. The van der Waals surface area contributed by atoms with Gasteiger partial charge in [-0.2, -0.15) is 0 Å². The predicted molar refractivity (Wildman–Crippen MR) is 91.4 cm³/mol. The SMILES string of the molecule is COCc1ccc(C(=O)Nc2ccc(NC(=O)C3CCCO3)cc2)o1. The zero-order valence-corrected chi connectivity index (χ0v) is 13.9. The van der Waals surface area contributed by atoms with Crippen LogP contribution in [0, 0.1) is 0 Å². The monoisotopic (exact) mass is 344 g/mol. The second kappa shape index (κ2) is 7.96. The molecular formula is C18H20N2O5. The van der Waals surface area contributed by atoms with Crippen molar-refractivity contribution in [2.45, 2.75) is 25.6 Å². The highest BCUT2D eigenvalue weighted by molar-refractivity contribution is 6.02. The molecule has 0 saturated carbocycles. The molecule has 2 amide bonds. The van der Waals surface area contributed by atoms with Gasteiger partial charge in [-0.1, -0.05) is 0 Å². The molecule has 0 spiro atoms. The summed E-state index contributed by atoms with van der Waals surface area (Å²) in [5.41, 5.74) is 1.25. The van der Waals surface area contributed by atoms with Gasteiger partial charge in [0.05, 0.1) is 0 Å². The summed E-state index contributed by atoms with van der Waals surface area (Å²) >= 11 is 0. The molecule has 0 bridgehead atoms. The van der Waals surface area contributed by atoms with Gasteiger partial charge in [0.25, 0.3) is 11.8 Å². The molecule has 2 heterocycles. The third-order valence-electron chi connectivity index (χ3n) is 3.80. The number of furan rings is 1. The van der Waals surface area contributed by atoms with Gasteiger partial charge in [0.15, 0.2) is 5.76 Å². The Bertz CT molecular complexity index is 732. The lowest BCUT2D eigenvalue weighted by Crippen LogP contribution is -2.26. The van der Waals surface area contributed by atoms with Crippen molar-refractivity contribution in [3.63, 3.8) is 0 Å². The average Bonchev–Trinajstić information content (AvgIpc) is 3.28. The van der Waals surface area contributed by atoms with Crippen molar-refractivity contribution in [1.29, 1.82) is 0 Å². The van der Waals surface area contributed by atoms with Gasteiger partial charge in [-0.15, -0.1) is 0 Å². The molecule has 132 valence electrons. The zero-order chi connectivity index (χ0) is 17.6. The highest BCUT2D eigenvalue weighted by atomic mass is 16.5. The minimum atomic E-state index is -0.375. The van der Waals surface area contributed by atoms with Gasteiger partial charge in [0.2, 0.25) is 0 Å². The number of amides is 2. The summed E-state index contributed by atoms with van der Waals surface area (Å²) in [6.07, 6.45) is 1.27. The smallest absolute Gasteiger partial charge is 0.291 e. The number of hydrogen-bond donors (Lipinski definition) is 2. The summed E-state index contributed by atoms with van der Waals surface area (Å²) in [5.74, 6) is 0.302. The molecule has 7 nitrogen and oxygen atoms in total. The number of anilines is 2. The number of hydrogen-bond acceptors (Lipinski definition) is 5. The van der Waals surface area contributed by atoms with Crippen molar-refractivity contribution >= 4 is 23.2 Å². The molecule has 2 aromatic rings. The molecule has 1 saturated heterocycles. The summed E-state index contributed by atoms with van der Waals surface area (Å²) in [6, 6.07) is 10.2. The quantitative estimate of drug-likeness (QED) is 0.841. The molecule has 2 N–H and O–H groups in total. The van der Waals surface area contributed by atoms with Gasteiger partial charge >= 0.3 is 0 Å². The molecular weight excluding hydrogens is 324 g/mol. The highest BCUT2D eigenvalue weighted by Crippen LogP contribution is 2.18. The maximum Gasteiger partial charge on any atom is 0.291 e. The number of methoxy groups -OCH3 is 1. The van der Waals surface area contributed by atoms with Crippen LogP contribution in [0.5, 0.6) is 0 Å². The Kier molecular flexibility index (Phi) is 5.47. The molecule has 7 heteroatoms. The number of carbonyl (C=O) groups excluding carboxylic acids is 2. The van der Waals surface area contributed by atoms with Gasteiger partial charge in [-0.05, 0) is 49.2 Å². The first-order valence-corrected chi connectivity index (χ1v) is 8.07. The lowest BCUT2D eigenvalue weighted by molar-refractivity contribution is -0.124. The number of nitrogens with one attached hydrogen (secondary N) is 2. The van der Waals surface area contributed by atoms with Crippen molar-refractivity contribution < 1.29 is 23.5 Å². The molecule has 1 unspecified atom stereocenters. The molecule has 1 fully saturated rings. The van der Waals surface area contributed by atoms with E-state index in [9.17, 15) is 9.59 Å². The van der Waals surface area contributed by atoms with Crippen LogP contribution in [0.2, 0.25) is 0 Å². The van der Waals surface area contributed by atoms with Gasteiger partial charge in [-0.25, -0.2) is 0 Å². The van der Waals surface area contributed by atoms with E-state index in [0.717, 1.165) is 12.8 Å². The third-order valence-corrected chi connectivity index (χ3v) is 3.80. The number of ether oxygens (including phenoxy) is 2. The Morgan fingerprint density at radius 2 is 1.84 bits per heavy atom. The Morgan fingerprint density at radius 1 is 1.12 bits per heavy atom. The van der Waals surface area contributed by atoms with Crippen LogP contribution in [0.1, 0.15) is 29.2 Å². The van der Waals surface area contributed by atoms with Crippen LogP contribution in [0.15, 0.2) is 40.8 Å². The Labute approximate surface area is 145 Å². The second-order valence-corrected chi connectivity index (χ2v) is 5.72. The van der Waals surface area contributed by atoms with E-state index >= 15 is 0 Å². The van der Waals surface area contributed by atoms with Crippen molar-refractivity contribution in [2.24, 2.45) is 0 Å². The number of carbonyl (C=O) groups is 2. The van der Waals surface area contributed by atoms with Gasteiger partial charge in [0, 0.05) is 25.1 Å². The van der Waals surface area contributed by atoms with E-state index in [4.69, 9.17) is 13.9 Å². The van der Waals surface area contributed by atoms with E-state index in [1.54, 1.807) is 43.5 Å². The largest absolute Gasteiger partial charge is 0.453 e. The molecule has 1 aliphatic heterocycles. The first-order chi connectivity index (χ1) is 12.2. The van der Waals surface area contributed by atoms with Gasteiger partial charge in [-0.3, -0.25) is 9.59 Å². The van der Waals surface area contributed by atoms with E-state index in [2.05, 4.69) is 10.6 Å². The van der Waals surface area contributed by atoms with Crippen LogP contribution in [0.25, 0.3) is 0 Å². The second-order valence-electron chi connectivity index (χ2n) is 5.72. The molecule has 0 radical (unpaired) electrons. The van der Waals surface area contributed by atoms with E-state index in [1.807, 2.05) is 0 Å². The molecule has 1 aromatic heterocycles. The van der Waals surface area contributed by atoms with Crippen molar-refractivity contribution in [1.82, 2.24) is 0 Å². The van der Waals surface area contributed by atoms with Crippen molar-refractivity contribution in [3.8, 4) is 0 Å². The molecule has 0 aliphatic carbocycles. The van der Waals surface area contributed by atoms with E-state index in [1.165, 1.54) is 0 Å². The Hall–Kier alpha value is -2.64. The maximum absolute atomic E-state index is 12.1. The van der Waals surface area contributed by atoms with Crippen LogP contribution in [-0.4, -0.2) is 31.6 Å². The molecule has 25 heavy (non-hydrogen) atoms. The van der Waals surface area contributed by atoms with Crippen LogP contribution >= 0.6 is 0 Å². The maximum atomic E-state index is 12.1. The summed E-state index contributed by atoms with van der Waals surface area (Å²) in [7, 11) is 1.56. The van der Waals surface area contributed by atoms with Gasteiger partial charge < -0.3 is 24.5 Å². The van der Waals surface area contributed by atoms with Crippen LogP contribution in [0.3, 0.4) is 0 Å². The fraction of sp³-hybridized carbons (Fsp3) is 0.333. The summed E-state index contributed by atoms with van der Waals surface area (Å²) in [6.45, 7) is 0.939. The topological polar surface area (TPSA) is 89.8 Å². The van der Waals surface area contributed by atoms with Crippen LogP contribution < -0.4 is 10.6 Å².